The van der Waals surface area contributed by atoms with Gasteiger partial charge in [-0.2, -0.15) is 8.42 Å². The Morgan fingerprint density at radius 1 is 1.33 bits per heavy atom. The number of carbonyl (C=O) groups excluding carboxylic acids is 1. The Labute approximate surface area is 108 Å². The van der Waals surface area contributed by atoms with Gasteiger partial charge in [0.05, 0.1) is 12.9 Å². The summed E-state index contributed by atoms with van der Waals surface area (Å²) in [5.74, 6) is 0. The fraction of sp³-hybridized carbons (Fsp3) is 0.909. The predicted octanol–water partition coefficient (Wildman–Crippen LogP) is 1.41. The summed E-state index contributed by atoms with van der Waals surface area (Å²) in [4.78, 5) is 11.6. The zero-order valence-electron chi connectivity index (χ0n) is 11.3. The summed E-state index contributed by atoms with van der Waals surface area (Å²) in [7, 11) is -3.42. The zero-order chi connectivity index (χ0) is 14.0. The van der Waals surface area contributed by atoms with Crippen LogP contribution in [0.3, 0.4) is 0 Å². The van der Waals surface area contributed by atoms with Crippen LogP contribution in [0.4, 0.5) is 4.79 Å². The van der Waals surface area contributed by atoms with E-state index in [1.807, 2.05) is 0 Å². The number of hydrogen-bond acceptors (Lipinski definition) is 5. The molecule has 0 aromatic heterocycles. The quantitative estimate of drug-likeness (QED) is 0.769. The lowest BCUT2D eigenvalue weighted by Gasteiger charge is -2.23. The average molecular weight is 279 g/mol. The summed E-state index contributed by atoms with van der Waals surface area (Å²) < 4.78 is 31.4. The number of carbonyl (C=O) groups is 1. The molecule has 106 valence electrons. The number of ether oxygens (including phenoxy) is 1. The van der Waals surface area contributed by atoms with Gasteiger partial charge in [-0.05, 0) is 40.0 Å². The minimum absolute atomic E-state index is 0.0780. The molecule has 18 heavy (non-hydrogen) atoms. The lowest BCUT2D eigenvalue weighted by Crippen LogP contribution is -2.41. The van der Waals surface area contributed by atoms with Gasteiger partial charge >= 0.3 is 6.09 Å². The molecular weight excluding hydrogens is 258 g/mol. The normalized spacial score (nSPS) is 18.2. The molecule has 0 saturated heterocycles. The van der Waals surface area contributed by atoms with Crippen molar-refractivity contribution >= 4 is 16.2 Å². The lowest BCUT2D eigenvalue weighted by atomic mass is 10.2. The first-order valence-corrected chi connectivity index (χ1v) is 7.69. The summed E-state index contributed by atoms with van der Waals surface area (Å²) in [5.41, 5.74) is -0.892. The molecule has 0 aliphatic heterocycles. The molecule has 0 aromatic rings. The molecule has 1 saturated carbocycles. The first-order valence-electron chi connectivity index (χ1n) is 5.87. The smallest absolute Gasteiger partial charge is 0.408 e. The lowest BCUT2D eigenvalue weighted by molar-refractivity contribution is 0.0490. The fourth-order valence-electron chi connectivity index (χ4n) is 1.50. The van der Waals surface area contributed by atoms with Gasteiger partial charge in [-0.3, -0.25) is 4.18 Å². The first-order chi connectivity index (χ1) is 8.02. The van der Waals surface area contributed by atoms with E-state index in [0.717, 1.165) is 19.1 Å². The van der Waals surface area contributed by atoms with E-state index in [-0.39, 0.29) is 12.1 Å². The van der Waals surface area contributed by atoms with Crippen molar-refractivity contribution in [3.63, 3.8) is 0 Å². The first kappa shape index (κ1) is 15.2. The molecular formula is C11H21NO5S. The van der Waals surface area contributed by atoms with Gasteiger partial charge in [0.15, 0.2) is 0 Å². The van der Waals surface area contributed by atoms with Gasteiger partial charge in [0.25, 0.3) is 10.1 Å². The van der Waals surface area contributed by atoms with Crippen LogP contribution >= 0.6 is 0 Å². The van der Waals surface area contributed by atoms with Crippen LogP contribution in [-0.2, 0) is 19.0 Å². The van der Waals surface area contributed by atoms with Crippen molar-refractivity contribution in [2.45, 2.75) is 51.2 Å². The van der Waals surface area contributed by atoms with Crippen molar-refractivity contribution in [2.75, 3.05) is 12.9 Å². The van der Waals surface area contributed by atoms with Crippen LogP contribution < -0.4 is 5.32 Å². The molecule has 0 aromatic carbocycles. The van der Waals surface area contributed by atoms with E-state index in [4.69, 9.17) is 4.74 Å². The minimum Gasteiger partial charge on any atom is -0.444 e. The van der Waals surface area contributed by atoms with Gasteiger partial charge in [0, 0.05) is 5.54 Å². The molecule has 0 radical (unpaired) electrons. The molecule has 0 heterocycles. The van der Waals surface area contributed by atoms with Gasteiger partial charge in [-0.1, -0.05) is 0 Å². The van der Waals surface area contributed by atoms with Crippen LogP contribution in [0, 0.1) is 0 Å². The second-order valence-electron chi connectivity index (χ2n) is 5.68. The molecule has 0 unspecified atom stereocenters. The monoisotopic (exact) mass is 279 g/mol. The highest BCUT2D eigenvalue weighted by atomic mass is 32.2. The van der Waals surface area contributed by atoms with Crippen LogP contribution in [0.25, 0.3) is 0 Å². The highest BCUT2D eigenvalue weighted by Crippen LogP contribution is 2.39. The molecule has 1 fully saturated rings. The molecule has 0 spiro atoms. The standard InChI is InChI=1S/C11H21NO5S/c1-10(2,3)17-9(13)12-11(5-6-11)7-8-16-18(4,14)15/h5-8H2,1-4H3,(H,12,13). The second-order valence-corrected chi connectivity index (χ2v) is 7.33. The van der Waals surface area contributed by atoms with E-state index in [2.05, 4.69) is 9.50 Å². The minimum atomic E-state index is -3.42. The highest BCUT2D eigenvalue weighted by molar-refractivity contribution is 7.85. The van der Waals surface area contributed by atoms with Crippen LogP contribution in [0.5, 0.6) is 0 Å². The Hall–Kier alpha value is -0.820. The largest absolute Gasteiger partial charge is 0.444 e. The Balaban J connectivity index is 2.35. The van der Waals surface area contributed by atoms with E-state index >= 15 is 0 Å². The molecule has 1 aliphatic carbocycles. The maximum absolute atomic E-state index is 11.6. The number of nitrogens with one attached hydrogen (secondary N) is 1. The maximum Gasteiger partial charge on any atom is 0.408 e. The zero-order valence-corrected chi connectivity index (χ0v) is 12.1. The predicted molar refractivity (Wildman–Crippen MR) is 66.7 cm³/mol. The Kier molecular flexibility index (Phi) is 4.27. The van der Waals surface area contributed by atoms with E-state index in [1.165, 1.54) is 0 Å². The van der Waals surface area contributed by atoms with Gasteiger partial charge < -0.3 is 10.1 Å². The molecule has 0 bridgehead atoms. The second kappa shape index (κ2) is 5.05. The third-order valence-corrected chi connectivity index (χ3v) is 3.09. The molecule has 6 nitrogen and oxygen atoms in total. The highest BCUT2D eigenvalue weighted by Gasteiger charge is 2.44. The number of amides is 1. The number of rotatable bonds is 5. The number of alkyl carbamates (subject to hydrolysis) is 1. The van der Waals surface area contributed by atoms with Crippen molar-refractivity contribution in [1.82, 2.24) is 5.32 Å². The molecule has 1 N–H and O–H groups in total. The van der Waals surface area contributed by atoms with Crippen LogP contribution in [0.15, 0.2) is 0 Å². The summed E-state index contributed by atoms with van der Waals surface area (Å²) in [6.45, 7) is 5.45. The molecule has 7 heteroatoms. The summed E-state index contributed by atoms with van der Waals surface area (Å²) in [5, 5.41) is 2.77. The average Bonchev–Trinajstić information content (AvgIpc) is 2.78. The topological polar surface area (TPSA) is 81.7 Å². The third-order valence-electron chi connectivity index (χ3n) is 2.50. The summed E-state index contributed by atoms with van der Waals surface area (Å²) in [6, 6.07) is 0. The van der Waals surface area contributed by atoms with Gasteiger partial charge in [-0.15, -0.1) is 0 Å². The summed E-state index contributed by atoms with van der Waals surface area (Å²) in [6.07, 6.45) is 2.64. The Bertz CT molecular complexity index is 406. The fourth-order valence-corrected chi connectivity index (χ4v) is 1.88. The van der Waals surface area contributed by atoms with Gasteiger partial charge in [-0.25, -0.2) is 4.79 Å². The van der Waals surface area contributed by atoms with Crippen molar-refractivity contribution in [3.8, 4) is 0 Å². The van der Waals surface area contributed by atoms with E-state index in [1.54, 1.807) is 20.8 Å². The van der Waals surface area contributed by atoms with Crippen molar-refractivity contribution in [1.29, 1.82) is 0 Å². The van der Waals surface area contributed by atoms with Crippen molar-refractivity contribution in [3.05, 3.63) is 0 Å². The van der Waals surface area contributed by atoms with E-state index in [0.29, 0.717) is 6.42 Å². The Morgan fingerprint density at radius 3 is 2.28 bits per heavy atom. The molecule has 1 amide bonds. The summed E-state index contributed by atoms with van der Waals surface area (Å²) >= 11 is 0. The van der Waals surface area contributed by atoms with Crippen molar-refractivity contribution < 1.29 is 22.1 Å². The number of hydrogen-bond donors (Lipinski definition) is 1. The molecule has 1 rings (SSSR count). The third kappa shape index (κ3) is 6.20. The Morgan fingerprint density at radius 2 is 1.89 bits per heavy atom. The van der Waals surface area contributed by atoms with Crippen LogP contribution in [-0.4, -0.2) is 38.5 Å². The molecule has 0 atom stereocenters. The van der Waals surface area contributed by atoms with E-state index in [9.17, 15) is 13.2 Å². The van der Waals surface area contributed by atoms with E-state index < -0.39 is 21.8 Å². The van der Waals surface area contributed by atoms with Crippen LogP contribution in [0.1, 0.15) is 40.0 Å². The maximum atomic E-state index is 11.6. The van der Waals surface area contributed by atoms with Gasteiger partial charge in [0.2, 0.25) is 0 Å². The molecule has 1 aliphatic rings. The SMILES string of the molecule is CC(C)(C)OC(=O)NC1(CCOS(C)(=O)=O)CC1. The van der Waals surface area contributed by atoms with Crippen molar-refractivity contribution in [2.24, 2.45) is 0 Å². The van der Waals surface area contributed by atoms with Crippen LogP contribution in [0.2, 0.25) is 0 Å². The van der Waals surface area contributed by atoms with Gasteiger partial charge in [0.1, 0.15) is 5.60 Å².